The number of aryl methyl sites for hydroxylation is 2. The molecule has 0 fully saturated rings. The zero-order chi connectivity index (χ0) is 15.7. The van der Waals surface area contributed by atoms with Gasteiger partial charge in [0, 0.05) is 15.7 Å². The van der Waals surface area contributed by atoms with Crippen LogP contribution < -0.4 is 10.9 Å². The average Bonchev–Trinajstić information content (AvgIpc) is 2.94. The number of nitrogens with zero attached hydrogens (tertiary/aromatic N) is 2. The van der Waals surface area contributed by atoms with Gasteiger partial charge in [-0.05, 0) is 50.5 Å². The Labute approximate surface area is 136 Å². The van der Waals surface area contributed by atoms with Crippen molar-refractivity contribution in [3.63, 3.8) is 0 Å². The summed E-state index contributed by atoms with van der Waals surface area (Å²) in [4.78, 5) is 29.1. The lowest BCUT2D eigenvalue weighted by atomic mass is 10.2. The number of aromatic nitrogens is 2. The van der Waals surface area contributed by atoms with E-state index in [9.17, 15) is 9.59 Å². The van der Waals surface area contributed by atoms with E-state index in [1.165, 1.54) is 4.57 Å². The number of carbonyl (C=O) groups excluding carboxylic acids is 1. The maximum absolute atomic E-state index is 12.5. The summed E-state index contributed by atoms with van der Waals surface area (Å²) in [5, 5.41) is 2.79. The Bertz CT molecular complexity index is 781. The number of hydrogen-bond acceptors (Lipinski definition) is 3. The summed E-state index contributed by atoms with van der Waals surface area (Å²) < 4.78 is 2.40. The van der Waals surface area contributed by atoms with Gasteiger partial charge in [0.15, 0.2) is 0 Å². The van der Waals surface area contributed by atoms with Crippen molar-refractivity contribution in [1.82, 2.24) is 9.55 Å². The first-order chi connectivity index (χ1) is 10.5. The first-order valence-electron chi connectivity index (χ1n) is 7.19. The molecule has 0 spiro atoms. The van der Waals surface area contributed by atoms with E-state index in [-0.39, 0.29) is 18.0 Å². The van der Waals surface area contributed by atoms with Crippen LogP contribution in [0.4, 0.5) is 5.69 Å². The van der Waals surface area contributed by atoms with Crippen LogP contribution in [-0.2, 0) is 24.2 Å². The van der Waals surface area contributed by atoms with E-state index in [1.807, 2.05) is 12.1 Å². The number of halogens is 1. The molecule has 1 aliphatic rings. The molecule has 6 heteroatoms. The zero-order valence-corrected chi connectivity index (χ0v) is 13.8. The molecule has 22 heavy (non-hydrogen) atoms. The number of anilines is 1. The second kappa shape index (κ2) is 6.04. The van der Waals surface area contributed by atoms with Crippen LogP contribution in [0.2, 0.25) is 0 Å². The van der Waals surface area contributed by atoms with Gasteiger partial charge in [0.2, 0.25) is 5.91 Å². The summed E-state index contributed by atoms with van der Waals surface area (Å²) in [5.74, 6) is 0.365. The predicted molar refractivity (Wildman–Crippen MR) is 88.0 cm³/mol. The van der Waals surface area contributed by atoms with Crippen LogP contribution >= 0.6 is 15.9 Å². The molecule has 0 saturated carbocycles. The van der Waals surface area contributed by atoms with Crippen molar-refractivity contribution < 1.29 is 4.79 Å². The number of fused-ring (bicyclic) bond motifs is 1. The molecular weight excluding hydrogens is 346 g/mol. The summed E-state index contributed by atoms with van der Waals surface area (Å²) >= 11 is 3.35. The quantitative estimate of drug-likeness (QED) is 0.912. The minimum Gasteiger partial charge on any atom is -0.325 e. The minimum atomic E-state index is -0.229. The van der Waals surface area contributed by atoms with Crippen molar-refractivity contribution >= 4 is 27.5 Å². The Hall–Kier alpha value is -1.95. The minimum absolute atomic E-state index is 0.0129. The molecule has 2 aromatic rings. The molecule has 1 N–H and O–H groups in total. The first kappa shape index (κ1) is 15.0. The lowest BCUT2D eigenvalue weighted by Gasteiger charge is -2.12. The van der Waals surface area contributed by atoms with Crippen molar-refractivity contribution in [3.05, 3.63) is 56.2 Å². The number of carbonyl (C=O) groups is 1. The van der Waals surface area contributed by atoms with Gasteiger partial charge < -0.3 is 5.32 Å². The molecule has 0 unspecified atom stereocenters. The van der Waals surface area contributed by atoms with Crippen LogP contribution in [0.25, 0.3) is 0 Å². The second-order valence-corrected chi connectivity index (χ2v) is 6.30. The van der Waals surface area contributed by atoms with E-state index >= 15 is 0 Å². The monoisotopic (exact) mass is 361 g/mol. The summed E-state index contributed by atoms with van der Waals surface area (Å²) in [6.45, 7) is 1.76. The van der Waals surface area contributed by atoms with Crippen molar-refractivity contribution in [2.24, 2.45) is 0 Å². The molecule has 0 bridgehead atoms. The summed E-state index contributed by atoms with van der Waals surface area (Å²) in [6.07, 6.45) is 2.58. The van der Waals surface area contributed by atoms with Crippen LogP contribution in [0.1, 0.15) is 23.5 Å². The Morgan fingerprint density at radius 1 is 1.32 bits per heavy atom. The van der Waals surface area contributed by atoms with Crippen LogP contribution in [0.15, 0.2) is 33.5 Å². The molecule has 0 aliphatic heterocycles. The van der Waals surface area contributed by atoms with E-state index < -0.39 is 0 Å². The van der Waals surface area contributed by atoms with E-state index in [1.54, 1.807) is 19.1 Å². The molecule has 1 amide bonds. The van der Waals surface area contributed by atoms with Gasteiger partial charge in [0.05, 0.1) is 5.69 Å². The fourth-order valence-electron chi connectivity index (χ4n) is 2.71. The molecule has 0 atom stereocenters. The average molecular weight is 362 g/mol. The van der Waals surface area contributed by atoms with Gasteiger partial charge in [-0.2, -0.15) is 0 Å². The number of hydrogen-bond donors (Lipinski definition) is 1. The highest BCUT2D eigenvalue weighted by Crippen LogP contribution is 2.17. The highest BCUT2D eigenvalue weighted by atomic mass is 79.9. The number of nitrogens with one attached hydrogen (secondary N) is 1. The fraction of sp³-hybridized carbons (Fsp3) is 0.312. The van der Waals surface area contributed by atoms with Gasteiger partial charge in [0.1, 0.15) is 12.4 Å². The van der Waals surface area contributed by atoms with Crippen molar-refractivity contribution in [1.29, 1.82) is 0 Å². The number of amides is 1. The van der Waals surface area contributed by atoms with E-state index in [2.05, 4.69) is 26.2 Å². The second-order valence-electron chi connectivity index (χ2n) is 5.38. The largest absolute Gasteiger partial charge is 0.325 e. The normalized spacial score (nSPS) is 13.0. The molecule has 1 aromatic carbocycles. The summed E-state index contributed by atoms with van der Waals surface area (Å²) in [5.41, 5.74) is 2.29. The van der Waals surface area contributed by atoms with Gasteiger partial charge >= 0.3 is 0 Å². The van der Waals surface area contributed by atoms with Crippen LogP contribution in [0.5, 0.6) is 0 Å². The van der Waals surface area contributed by atoms with Crippen LogP contribution in [-0.4, -0.2) is 15.5 Å². The van der Waals surface area contributed by atoms with Gasteiger partial charge in [-0.3, -0.25) is 14.2 Å². The van der Waals surface area contributed by atoms with E-state index in [0.29, 0.717) is 11.5 Å². The maximum atomic E-state index is 12.5. The smallest absolute Gasteiger partial charge is 0.257 e. The molecule has 1 aromatic heterocycles. The van der Waals surface area contributed by atoms with Gasteiger partial charge in [0.25, 0.3) is 5.56 Å². The Kier molecular flexibility index (Phi) is 4.11. The molecule has 5 nitrogen and oxygen atoms in total. The topological polar surface area (TPSA) is 64.0 Å². The predicted octanol–water partition coefficient (Wildman–Crippen LogP) is 2.44. The zero-order valence-electron chi connectivity index (χ0n) is 12.2. The SMILES string of the molecule is Cc1nc2c(c(=O)n1CC(=O)Nc1ccc(Br)cc1)CCC2. The Morgan fingerprint density at radius 2 is 2.05 bits per heavy atom. The lowest BCUT2D eigenvalue weighted by molar-refractivity contribution is -0.116. The molecule has 0 saturated heterocycles. The molecule has 0 radical (unpaired) electrons. The Balaban J connectivity index is 1.80. The third-order valence-electron chi connectivity index (χ3n) is 3.81. The summed E-state index contributed by atoms with van der Waals surface area (Å²) in [7, 11) is 0. The van der Waals surface area contributed by atoms with Crippen molar-refractivity contribution in [3.8, 4) is 0 Å². The van der Waals surface area contributed by atoms with Crippen molar-refractivity contribution in [2.75, 3.05) is 5.32 Å². The van der Waals surface area contributed by atoms with E-state index in [0.717, 1.165) is 35.0 Å². The van der Waals surface area contributed by atoms with Gasteiger partial charge in [-0.25, -0.2) is 4.98 Å². The fourth-order valence-corrected chi connectivity index (χ4v) is 2.97. The van der Waals surface area contributed by atoms with Crippen LogP contribution in [0.3, 0.4) is 0 Å². The molecular formula is C16H16BrN3O2. The van der Waals surface area contributed by atoms with Gasteiger partial charge in [-0.15, -0.1) is 0 Å². The standard InChI is InChI=1S/C16H16BrN3O2/c1-10-18-14-4-2-3-13(14)16(22)20(10)9-15(21)19-12-7-5-11(17)6-8-12/h5-8H,2-4,9H2,1H3,(H,19,21). The summed E-state index contributed by atoms with van der Waals surface area (Å²) in [6, 6.07) is 7.31. The highest BCUT2D eigenvalue weighted by molar-refractivity contribution is 9.10. The van der Waals surface area contributed by atoms with Crippen molar-refractivity contribution in [2.45, 2.75) is 32.7 Å². The molecule has 1 heterocycles. The third kappa shape index (κ3) is 2.97. The lowest BCUT2D eigenvalue weighted by Crippen LogP contribution is -2.32. The maximum Gasteiger partial charge on any atom is 0.257 e. The van der Waals surface area contributed by atoms with Gasteiger partial charge in [-0.1, -0.05) is 15.9 Å². The number of rotatable bonds is 3. The molecule has 1 aliphatic carbocycles. The highest BCUT2D eigenvalue weighted by Gasteiger charge is 2.20. The third-order valence-corrected chi connectivity index (χ3v) is 4.34. The number of benzene rings is 1. The molecule has 114 valence electrons. The van der Waals surface area contributed by atoms with Crippen LogP contribution in [0, 0.1) is 6.92 Å². The Morgan fingerprint density at radius 3 is 2.77 bits per heavy atom. The first-order valence-corrected chi connectivity index (χ1v) is 7.98. The molecule has 3 rings (SSSR count). The van der Waals surface area contributed by atoms with E-state index in [4.69, 9.17) is 0 Å².